The van der Waals surface area contributed by atoms with Crippen LogP contribution in [-0.4, -0.2) is 23.8 Å². The summed E-state index contributed by atoms with van der Waals surface area (Å²) in [7, 11) is 0. The van der Waals surface area contributed by atoms with E-state index < -0.39 is 17.6 Å². The predicted octanol–water partition coefficient (Wildman–Crippen LogP) is 4.26. The van der Waals surface area contributed by atoms with Gasteiger partial charge in [-0.25, -0.2) is 0 Å². The van der Waals surface area contributed by atoms with Gasteiger partial charge < -0.3 is 10.6 Å². The Hall–Kier alpha value is -2.48. The lowest BCUT2D eigenvalue weighted by Crippen LogP contribution is -2.16. The zero-order valence-corrected chi connectivity index (χ0v) is 14.0. The van der Waals surface area contributed by atoms with E-state index in [0.717, 1.165) is 12.1 Å². The van der Waals surface area contributed by atoms with E-state index >= 15 is 0 Å². The fourth-order valence-corrected chi connectivity index (χ4v) is 2.38. The number of rotatable bonds is 5. The summed E-state index contributed by atoms with van der Waals surface area (Å²) in [6.45, 7) is 0. The van der Waals surface area contributed by atoms with Crippen molar-refractivity contribution in [2.45, 2.75) is 6.18 Å². The van der Waals surface area contributed by atoms with Gasteiger partial charge in [-0.15, -0.1) is 0 Å². The number of amides is 2. The van der Waals surface area contributed by atoms with E-state index in [9.17, 15) is 22.8 Å². The molecule has 0 saturated heterocycles. The maximum atomic E-state index is 12.7. The van der Waals surface area contributed by atoms with Crippen molar-refractivity contribution in [3.8, 4) is 0 Å². The molecule has 0 saturated carbocycles. The van der Waals surface area contributed by atoms with Crippen LogP contribution in [0.3, 0.4) is 0 Å². The Bertz CT molecular complexity index is 778. The van der Waals surface area contributed by atoms with Gasteiger partial charge in [0.1, 0.15) is 0 Å². The molecule has 0 bridgehead atoms. The van der Waals surface area contributed by atoms with E-state index in [0.29, 0.717) is 5.69 Å². The molecule has 0 aliphatic rings. The summed E-state index contributed by atoms with van der Waals surface area (Å²) >= 11 is 1.36. The summed E-state index contributed by atoms with van der Waals surface area (Å²) in [4.78, 5) is 23.8. The first kappa shape index (κ1) is 18.9. The van der Waals surface area contributed by atoms with Crippen molar-refractivity contribution in [3.63, 3.8) is 0 Å². The van der Waals surface area contributed by atoms with Gasteiger partial charge in [0, 0.05) is 16.9 Å². The van der Waals surface area contributed by atoms with Crippen LogP contribution in [0.5, 0.6) is 0 Å². The number of alkyl halides is 3. The van der Waals surface area contributed by atoms with Crippen LogP contribution in [0.2, 0.25) is 0 Å². The lowest BCUT2D eigenvalue weighted by atomic mass is 10.1. The van der Waals surface area contributed by atoms with E-state index in [1.807, 2.05) is 0 Å². The number of hydrogen-bond donors (Lipinski definition) is 2. The third-order valence-corrected chi connectivity index (χ3v) is 3.68. The first-order valence-corrected chi connectivity index (χ1v) is 8.56. The Morgan fingerprint density at radius 3 is 2.28 bits per heavy atom. The number of anilines is 2. The van der Waals surface area contributed by atoms with Crippen molar-refractivity contribution >= 4 is 35.0 Å². The fourth-order valence-electron chi connectivity index (χ4n) is 2.04. The summed E-state index contributed by atoms with van der Waals surface area (Å²) < 4.78 is 38.1. The molecule has 0 aliphatic carbocycles. The molecule has 0 spiro atoms. The lowest BCUT2D eigenvalue weighted by molar-refractivity contribution is -0.137. The second-order valence-electron chi connectivity index (χ2n) is 5.09. The second kappa shape index (κ2) is 8.06. The molecule has 0 fully saturated rings. The van der Waals surface area contributed by atoms with Crippen molar-refractivity contribution in [1.29, 1.82) is 0 Å². The highest BCUT2D eigenvalue weighted by Crippen LogP contribution is 2.30. The highest BCUT2D eigenvalue weighted by atomic mass is 32.2. The topological polar surface area (TPSA) is 58.2 Å². The van der Waals surface area contributed by atoms with Gasteiger partial charge in [-0.3, -0.25) is 9.59 Å². The largest absolute Gasteiger partial charge is 0.416 e. The minimum absolute atomic E-state index is 0.0386. The quantitative estimate of drug-likeness (QED) is 0.829. The molecule has 132 valence electrons. The van der Waals surface area contributed by atoms with Gasteiger partial charge >= 0.3 is 6.18 Å². The molecule has 2 N–H and O–H groups in total. The molecule has 25 heavy (non-hydrogen) atoms. The number of halogens is 3. The number of hydrogen-bond acceptors (Lipinski definition) is 3. The Morgan fingerprint density at radius 1 is 1.00 bits per heavy atom. The van der Waals surface area contributed by atoms with Crippen molar-refractivity contribution in [2.24, 2.45) is 0 Å². The van der Waals surface area contributed by atoms with E-state index in [-0.39, 0.29) is 22.9 Å². The SMILES string of the molecule is CSCC(=O)Nc1cccc(C(=O)Nc2cccc(C(F)(F)F)c2)c1. The molecule has 8 heteroatoms. The van der Waals surface area contributed by atoms with Crippen LogP contribution in [0.15, 0.2) is 48.5 Å². The molecule has 2 rings (SSSR count). The summed E-state index contributed by atoms with van der Waals surface area (Å²) in [5.74, 6) is -0.496. The van der Waals surface area contributed by atoms with Crippen LogP contribution in [0.1, 0.15) is 15.9 Å². The van der Waals surface area contributed by atoms with E-state index in [1.165, 1.54) is 36.0 Å². The summed E-state index contributed by atoms with van der Waals surface area (Å²) in [5, 5.41) is 5.06. The number of carbonyl (C=O) groups excluding carboxylic acids is 2. The third-order valence-electron chi connectivity index (χ3n) is 3.13. The Balaban J connectivity index is 2.12. The molecule has 4 nitrogen and oxygen atoms in total. The Labute approximate surface area is 146 Å². The third kappa shape index (κ3) is 5.53. The van der Waals surface area contributed by atoms with Crippen LogP contribution >= 0.6 is 11.8 Å². The molecule has 2 amide bonds. The molecule has 0 radical (unpaired) electrons. The highest BCUT2D eigenvalue weighted by Gasteiger charge is 2.30. The molecule has 0 aromatic heterocycles. The molecular weight excluding hydrogens is 353 g/mol. The van der Waals surface area contributed by atoms with E-state index in [2.05, 4.69) is 10.6 Å². The predicted molar refractivity (Wildman–Crippen MR) is 92.9 cm³/mol. The summed E-state index contributed by atoms with van der Waals surface area (Å²) in [6.07, 6.45) is -2.69. The van der Waals surface area contributed by atoms with Crippen LogP contribution in [-0.2, 0) is 11.0 Å². The molecule has 2 aromatic rings. The van der Waals surface area contributed by atoms with Gasteiger partial charge in [-0.2, -0.15) is 24.9 Å². The molecule has 0 aliphatic heterocycles. The van der Waals surface area contributed by atoms with Gasteiger partial charge in [0.05, 0.1) is 11.3 Å². The zero-order chi connectivity index (χ0) is 18.4. The van der Waals surface area contributed by atoms with Crippen LogP contribution in [0, 0.1) is 0 Å². The average molecular weight is 368 g/mol. The first-order chi connectivity index (χ1) is 11.8. The molecular formula is C17H15F3N2O2S. The van der Waals surface area contributed by atoms with Crippen molar-refractivity contribution in [2.75, 3.05) is 22.6 Å². The smallest absolute Gasteiger partial charge is 0.325 e. The Kier molecular flexibility index (Phi) is 6.08. The molecule has 0 unspecified atom stereocenters. The number of nitrogens with one attached hydrogen (secondary N) is 2. The molecule has 0 atom stereocenters. The van der Waals surface area contributed by atoms with E-state index in [1.54, 1.807) is 18.4 Å². The first-order valence-electron chi connectivity index (χ1n) is 7.17. The van der Waals surface area contributed by atoms with Gasteiger partial charge in [0.25, 0.3) is 5.91 Å². The minimum atomic E-state index is -4.48. The van der Waals surface area contributed by atoms with E-state index in [4.69, 9.17) is 0 Å². The normalized spacial score (nSPS) is 11.0. The van der Waals surface area contributed by atoms with Crippen molar-refractivity contribution in [3.05, 3.63) is 59.7 Å². The van der Waals surface area contributed by atoms with Crippen LogP contribution in [0.25, 0.3) is 0 Å². The summed E-state index contributed by atoms with van der Waals surface area (Å²) in [5.41, 5.74) is -0.143. The van der Waals surface area contributed by atoms with Crippen molar-refractivity contribution in [1.82, 2.24) is 0 Å². The monoisotopic (exact) mass is 368 g/mol. The molecule has 2 aromatic carbocycles. The standard InChI is InChI=1S/C17H15F3N2O2S/c1-25-10-15(23)21-13-6-2-4-11(8-13)16(24)22-14-7-3-5-12(9-14)17(18,19)20/h2-9H,10H2,1H3,(H,21,23)(H,22,24). The van der Waals surface area contributed by atoms with Crippen molar-refractivity contribution < 1.29 is 22.8 Å². The van der Waals surface area contributed by atoms with Crippen LogP contribution < -0.4 is 10.6 Å². The summed E-state index contributed by atoms with van der Waals surface area (Å²) in [6, 6.07) is 10.6. The maximum absolute atomic E-state index is 12.7. The number of thioether (sulfide) groups is 1. The fraction of sp³-hybridized carbons (Fsp3) is 0.176. The lowest BCUT2D eigenvalue weighted by Gasteiger charge is -2.10. The number of benzene rings is 2. The highest BCUT2D eigenvalue weighted by molar-refractivity contribution is 7.99. The van der Waals surface area contributed by atoms with Crippen LogP contribution in [0.4, 0.5) is 24.5 Å². The average Bonchev–Trinajstić information content (AvgIpc) is 2.54. The molecule has 0 heterocycles. The van der Waals surface area contributed by atoms with Gasteiger partial charge in [0.15, 0.2) is 0 Å². The second-order valence-corrected chi connectivity index (χ2v) is 5.96. The minimum Gasteiger partial charge on any atom is -0.325 e. The maximum Gasteiger partial charge on any atom is 0.416 e. The van der Waals surface area contributed by atoms with Gasteiger partial charge in [-0.1, -0.05) is 12.1 Å². The van der Waals surface area contributed by atoms with Gasteiger partial charge in [0.2, 0.25) is 5.91 Å². The Morgan fingerprint density at radius 2 is 1.64 bits per heavy atom. The number of carbonyl (C=O) groups is 2. The zero-order valence-electron chi connectivity index (χ0n) is 13.2. The van der Waals surface area contributed by atoms with Gasteiger partial charge in [-0.05, 0) is 42.7 Å².